The maximum atomic E-state index is 12.3. The van der Waals surface area contributed by atoms with Gasteiger partial charge in [0.05, 0.1) is 6.54 Å². The number of amides is 1. The van der Waals surface area contributed by atoms with Crippen molar-refractivity contribution in [3.8, 4) is 5.75 Å². The minimum Gasteiger partial charge on any atom is -0.489 e. The average molecular weight is 374 g/mol. The van der Waals surface area contributed by atoms with E-state index in [2.05, 4.69) is 17.6 Å². The lowest BCUT2D eigenvalue weighted by Crippen LogP contribution is -2.22. The van der Waals surface area contributed by atoms with Gasteiger partial charge in [-0.1, -0.05) is 55.5 Å². The summed E-state index contributed by atoms with van der Waals surface area (Å²) >= 11 is 0. The first-order chi connectivity index (χ1) is 13.7. The van der Waals surface area contributed by atoms with Crippen molar-refractivity contribution in [2.24, 2.45) is 0 Å². The molecule has 4 nitrogen and oxygen atoms in total. The molecular weight excluding hydrogens is 348 g/mol. The van der Waals surface area contributed by atoms with Gasteiger partial charge in [0.25, 0.3) is 0 Å². The van der Waals surface area contributed by atoms with Crippen LogP contribution >= 0.6 is 0 Å². The maximum absolute atomic E-state index is 12.3. The number of carbonyl (C=O) groups is 1. The van der Waals surface area contributed by atoms with Gasteiger partial charge >= 0.3 is 0 Å². The summed E-state index contributed by atoms with van der Waals surface area (Å²) < 4.78 is 5.78. The number of anilines is 2. The van der Waals surface area contributed by atoms with E-state index < -0.39 is 0 Å². The Bertz CT molecular complexity index is 906. The highest BCUT2D eigenvalue weighted by molar-refractivity contribution is 5.95. The molecule has 144 valence electrons. The number of hydrogen-bond donors (Lipinski definition) is 2. The monoisotopic (exact) mass is 374 g/mol. The Kier molecular flexibility index (Phi) is 6.68. The minimum absolute atomic E-state index is 0.0617. The van der Waals surface area contributed by atoms with Gasteiger partial charge in [0, 0.05) is 11.4 Å². The van der Waals surface area contributed by atoms with Gasteiger partial charge in [0.15, 0.2) is 0 Å². The van der Waals surface area contributed by atoms with E-state index in [1.807, 2.05) is 79.7 Å². The second-order valence-corrected chi connectivity index (χ2v) is 6.66. The predicted molar refractivity (Wildman–Crippen MR) is 115 cm³/mol. The lowest BCUT2D eigenvalue weighted by molar-refractivity contribution is -0.114. The van der Waals surface area contributed by atoms with Gasteiger partial charge in [-0.25, -0.2) is 0 Å². The first kappa shape index (κ1) is 19.5. The minimum atomic E-state index is -0.0617. The summed E-state index contributed by atoms with van der Waals surface area (Å²) in [4.78, 5) is 12.3. The summed E-state index contributed by atoms with van der Waals surface area (Å²) in [6, 6.07) is 23.8. The Hall–Kier alpha value is -3.27. The Labute approximate surface area is 166 Å². The van der Waals surface area contributed by atoms with Gasteiger partial charge in [-0.15, -0.1) is 0 Å². The first-order valence-electron chi connectivity index (χ1n) is 9.54. The van der Waals surface area contributed by atoms with E-state index in [4.69, 9.17) is 4.74 Å². The molecule has 0 fully saturated rings. The van der Waals surface area contributed by atoms with Gasteiger partial charge in [-0.2, -0.15) is 0 Å². The molecule has 0 bridgehead atoms. The fourth-order valence-corrected chi connectivity index (χ4v) is 2.98. The molecule has 0 spiro atoms. The van der Waals surface area contributed by atoms with Gasteiger partial charge in [-0.05, 0) is 54.3 Å². The lowest BCUT2D eigenvalue weighted by Gasteiger charge is -2.14. The van der Waals surface area contributed by atoms with Crippen molar-refractivity contribution in [3.05, 3.63) is 89.5 Å². The molecule has 0 radical (unpaired) electrons. The molecule has 0 saturated carbocycles. The molecule has 0 aromatic heterocycles. The van der Waals surface area contributed by atoms with Crippen LogP contribution in [0.15, 0.2) is 72.8 Å². The van der Waals surface area contributed by atoms with Crippen LogP contribution in [0.2, 0.25) is 0 Å². The number of ether oxygens (including phenoxy) is 1. The topological polar surface area (TPSA) is 50.4 Å². The van der Waals surface area contributed by atoms with Gasteiger partial charge in [-0.3, -0.25) is 4.79 Å². The van der Waals surface area contributed by atoms with Crippen molar-refractivity contribution in [2.45, 2.75) is 26.9 Å². The molecule has 0 unspecified atom stereocenters. The number of para-hydroxylation sites is 1. The molecule has 1 amide bonds. The van der Waals surface area contributed by atoms with Crippen LogP contribution in [-0.4, -0.2) is 12.5 Å². The molecule has 2 N–H and O–H groups in total. The quantitative estimate of drug-likeness (QED) is 0.571. The Morgan fingerprint density at radius 3 is 2.39 bits per heavy atom. The summed E-state index contributed by atoms with van der Waals surface area (Å²) in [5.74, 6) is 0.736. The molecule has 4 heteroatoms. The number of hydrogen-bond acceptors (Lipinski definition) is 3. The zero-order chi connectivity index (χ0) is 19.8. The SMILES string of the molecule is CCc1cccc(C)c1NC(=O)CNc1ccc(OCc2ccccc2)cc1. The van der Waals surface area contributed by atoms with Crippen molar-refractivity contribution in [2.75, 3.05) is 17.2 Å². The Morgan fingerprint density at radius 1 is 0.929 bits per heavy atom. The molecule has 0 aliphatic rings. The molecule has 3 aromatic carbocycles. The second-order valence-electron chi connectivity index (χ2n) is 6.66. The molecular formula is C24H26N2O2. The van der Waals surface area contributed by atoms with Crippen molar-refractivity contribution >= 4 is 17.3 Å². The zero-order valence-corrected chi connectivity index (χ0v) is 16.4. The van der Waals surface area contributed by atoms with E-state index in [-0.39, 0.29) is 12.5 Å². The second kappa shape index (κ2) is 9.60. The number of carbonyl (C=O) groups excluding carboxylic acids is 1. The van der Waals surface area contributed by atoms with E-state index in [0.717, 1.165) is 40.2 Å². The van der Waals surface area contributed by atoms with E-state index in [9.17, 15) is 4.79 Å². The summed E-state index contributed by atoms with van der Waals surface area (Å²) in [6.07, 6.45) is 0.884. The fourth-order valence-electron chi connectivity index (χ4n) is 2.98. The maximum Gasteiger partial charge on any atom is 0.243 e. The third-order valence-electron chi connectivity index (χ3n) is 4.56. The van der Waals surface area contributed by atoms with Crippen molar-refractivity contribution in [1.82, 2.24) is 0 Å². The number of benzene rings is 3. The average Bonchev–Trinajstić information content (AvgIpc) is 2.73. The summed E-state index contributed by atoms with van der Waals surface area (Å²) in [7, 11) is 0. The molecule has 0 heterocycles. The first-order valence-corrected chi connectivity index (χ1v) is 9.54. The highest BCUT2D eigenvalue weighted by atomic mass is 16.5. The number of aryl methyl sites for hydroxylation is 2. The van der Waals surface area contributed by atoms with Crippen molar-refractivity contribution in [3.63, 3.8) is 0 Å². The van der Waals surface area contributed by atoms with Gasteiger partial charge < -0.3 is 15.4 Å². The van der Waals surface area contributed by atoms with Crippen LogP contribution in [0.3, 0.4) is 0 Å². The highest BCUT2D eigenvalue weighted by Crippen LogP contribution is 2.21. The highest BCUT2D eigenvalue weighted by Gasteiger charge is 2.08. The van der Waals surface area contributed by atoms with E-state index >= 15 is 0 Å². The summed E-state index contributed by atoms with van der Waals surface area (Å²) in [6.45, 7) is 4.84. The molecule has 3 aromatic rings. The van der Waals surface area contributed by atoms with E-state index in [0.29, 0.717) is 6.61 Å². The third kappa shape index (κ3) is 5.36. The number of rotatable bonds is 8. The number of nitrogens with one attached hydrogen (secondary N) is 2. The summed E-state index contributed by atoms with van der Waals surface area (Å²) in [5.41, 5.74) is 5.15. The van der Waals surface area contributed by atoms with Crippen LogP contribution in [-0.2, 0) is 17.8 Å². The molecule has 0 aliphatic carbocycles. The van der Waals surface area contributed by atoms with Crippen molar-refractivity contribution < 1.29 is 9.53 Å². The van der Waals surface area contributed by atoms with Crippen LogP contribution in [0, 0.1) is 6.92 Å². The van der Waals surface area contributed by atoms with Crippen LogP contribution < -0.4 is 15.4 Å². The van der Waals surface area contributed by atoms with Gasteiger partial charge in [0.1, 0.15) is 12.4 Å². The molecule has 0 atom stereocenters. The van der Waals surface area contributed by atoms with Crippen molar-refractivity contribution in [1.29, 1.82) is 0 Å². The van der Waals surface area contributed by atoms with E-state index in [1.165, 1.54) is 0 Å². The van der Waals surface area contributed by atoms with Gasteiger partial charge in [0.2, 0.25) is 5.91 Å². The molecule has 0 saturated heterocycles. The van der Waals surface area contributed by atoms with Crippen LogP contribution in [0.25, 0.3) is 0 Å². The fraction of sp³-hybridized carbons (Fsp3) is 0.208. The zero-order valence-electron chi connectivity index (χ0n) is 16.4. The van der Waals surface area contributed by atoms with E-state index in [1.54, 1.807) is 0 Å². The normalized spacial score (nSPS) is 10.4. The molecule has 28 heavy (non-hydrogen) atoms. The molecule has 0 aliphatic heterocycles. The third-order valence-corrected chi connectivity index (χ3v) is 4.56. The van der Waals surface area contributed by atoms with Crippen LogP contribution in [0.4, 0.5) is 11.4 Å². The standard InChI is InChI=1S/C24H26N2O2/c1-3-20-11-7-8-18(2)24(20)26-23(27)16-25-21-12-14-22(15-13-21)28-17-19-9-5-4-6-10-19/h4-15,25H,3,16-17H2,1-2H3,(H,26,27). The predicted octanol–water partition coefficient (Wildman–Crippen LogP) is 5.19. The Morgan fingerprint density at radius 2 is 1.68 bits per heavy atom. The van der Waals surface area contributed by atoms with Crippen LogP contribution in [0.1, 0.15) is 23.6 Å². The molecule has 3 rings (SSSR count). The lowest BCUT2D eigenvalue weighted by atomic mass is 10.1. The Balaban J connectivity index is 1.50. The largest absolute Gasteiger partial charge is 0.489 e. The smallest absolute Gasteiger partial charge is 0.243 e. The summed E-state index contributed by atoms with van der Waals surface area (Å²) in [5, 5.41) is 6.18. The van der Waals surface area contributed by atoms with Crippen LogP contribution in [0.5, 0.6) is 5.75 Å².